The molecule has 0 amide bonds. The van der Waals surface area contributed by atoms with Crippen LogP contribution in [0.1, 0.15) is 12.5 Å². The van der Waals surface area contributed by atoms with Crippen LogP contribution in [0.2, 0.25) is 0 Å². The minimum Gasteiger partial charge on any atom is -0.496 e. The van der Waals surface area contributed by atoms with Gasteiger partial charge in [-0.2, -0.15) is 0 Å². The van der Waals surface area contributed by atoms with Crippen LogP contribution in [0.15, 0.2) is 48.2 Å². The quantitative estimate of drug-likeness (QED) is 0.339. The topological polar surface area (TPSA) is 35.5 Å². The minimum absolute atomic E-state index is 0.356. The Morgan fingerprint density at radius 1 is 1.29 bits per heavy atom. The van der Waals surface area contributed by atoms with Gasteiger partial charge in [-0.15, -0.1) is 0 Å². The van der Waals surface area contributed by atoms with E-state index in [0.717, 1.165) is 5.56 Å². The Labute approximate surface area is 101 Å². The highest BCUT2D eigenvalue weighted by Gasteiger charge is 1.99. The first kappa shape index (κ1) is 13.0. The van der Waals surface area contributed by atoms with Gasteiger partial charge < -0.3 is 9.47 Å². The van der Waals surface area contributed by atoms with E-state index in [0.29, 0.717) is 12.4 Å². The molecule has 3 nitrogen and oxygen atoms in total. The van der Waals surface area contributed by atoms with E-state index < -0.39 is 5.97 Å². The molecular weight excluding hydrogens is 216 g/mol. The number of rotatable bonds is 5. The van der Waals surface area contributed by atoms with Crippen molar-refractivity contribution in [2.24, 2.45) is 0 Å². The summed E-state index contributed by atoms with van der Waals surface area (Å²) < 4.78 is 9.86. The Morgan fingerprint density at radius 3 is 2.59 bits per heavy atom. The van der Waals surface area contributed by atoms with Crippen LogP contribution in [-0.4, -0.2) is 19.7 Å². The van der Waals surface area contributed by atoms with Crippen molar-refractivity contribution in [1.29, 1.82) is 0 Å². The lowest BCUT2D eigenvalue weighted by Gasteiger charge is -2.00. The van der Waals surface area contributed by atoms with Crippen molar-refractivity contribution in [1.82, 2.24) is 0 Å². The maximum absolute atomic E-state index is 11.2. The van der Waals surface area contributed by atoms with Gasteiger partial charge in [-0.25, -0.2) is 4.79 Å². The number of methoxy groups -OCH3 is 1. The SMILES string of the molecule is CCOC(=O)/C=C(/C=C/c1ccccc1)OC. The summed E-state index contributed by atoms with van der Waals surface area (Å²) >= 11 is 0. The number of hydrogen-bond acceptors (Lipinski definition) is 3. The van der Waals surface area contributed by atoms with Crippen LogP contribution in [0.3, 0.4) is 0 Å². The second kappa shape index (κ2) is 7.28. The zero-order valence-electron chi connectivity index (χ0n) is 10.1. The average Bonchev–Trinajstić information content (AvgIpc) is 2.36. The van der Waals surface area contributed by atoms with E-state index in [9.17, 15) is 4.79 Å². The zero-order valence-corrected chi connectivity index (χ0v) is 10.1. The third kappa shape index (κ3) is 5.02. The molecule has 0 aliphatic rings. The van der Waals surface area contributed by atoms with Crippen molar-refractivity contribution in [3.63, 3.8) is 0 Å². The van der Waals surface area contributed by atoms with Crippen LogP contribution >= 0.6 is 0 Å². The Morgan fingerprint density at radius 2 is 2.00 bits per heavy atom. The first-order valence-electron chi connectivity index (χ1n) is 5.42. The Bertz CT molecular complexity index is 405. The van der Waals surface area contributed by atoms with Gasteiger partial charge in [0.1, 0.15) is 5.76 Å². The number of allylic oxidation sites excluding steroid dienone is 1. The molecule has 0 aromatic heterocycles. The van der Waals surface area contributed by atoms with Crippen molar-refractivity contribution in [2.75, 3.05) is 13.7 Å². The van der Waals surface area contributed by atoms with Crippen molar-refractivity contribution in [3.8, 4) is 0 Å². The molecule has 0 atom stereocenters. The van der Waals surface area contributed by atoms with E-state index in [2.05, 4.69) is 0 Å². The Kier molecular flexibility index (Phi) is 5.58. The third-order valence-electron chi connectivity index (χ3n) is 2.02. The fourth-order valence-corrected chi connectivity index (χ4v) is 1.22. The van der Waals surface area contributed by atoms with Crippen LogP contribution in [0.5, 0.6) is 0 Å². The molecule has 0 heterocycles. The van der Waals surface area contributed by atoms with E-state index in [-0.39, 0.29) is 0 Å². The molecular formula is C14H16O3. The summed E-state index contributed by atoms with van der Waals surface area (Å²) in [7, 11) is 1.51. The Hall–Kier alpha value is -2.03. The highest BCUT2D eigenvalue weighted by atomic mass is 16.5. The molecule has 0 saturated heterocycles. The highest BCUT2D eigenvalue weighted by Crippen LogP contribution is 2.05. The van der Waals surface area contributed by atoms with Crippen molar-refractivity contribution in [2.45, 2.75) is 6.92 Å². The molecule has 0 saturated carbocycles. The number of carbonyl (C=O) groups is 1. The molecule has 1 aromatic rings. The number of esters is 1. The lowest BCUT2D eigenvalue weighted by molar-refractivity contribution is -0.137. The first-order valence-corrected chi connectivity index (χ1v) is 5.42. The van der Waals surface area contributed by atoms with E-state index >= 15 is 0 Å². The fraction of sp³-hybridized carbons (Fsp3) is 0.214. The van der Waals surface area contributed by atoms with Gasteiger partial charge >= 0.3 is 5.97 Å². The second-order valence-electron chi connectivity index (χ2n) is 3.25. The van der Waals surface area contributed by atoms with E-state index in [1.165, 1.54) is 13.2 Å². The van der Waals surface area contributed by atoms with Crippen molar-refractivity contribution >= 4 is 12.0 Å². The summed E-state index contributed by atoms with van der Waals surface area (Å²) in [6.45, 7) is 2.12. The summed E-state index contributed by atoms with van der Waals surface area (Å²) in [5, 5.41) is 0. The lowest BCUT2D eigenvalue weighted by Crippen LogP contribution is -2.01. The number of benzene rings is 1. The first-order chi connectivity index (χ1) is 8.26. The molecule has 0 radical (unpaired) electrons. The molecule has 0 aliphatic heterocycles. The molecule has 0 bridgehead atoms. The maximum Gasteiger partial charge on any atom is 0.334 e. The minimum atomic E-state index is -0.401. The maximum atomic E-state index is 11.2. The predicted molar refractivity (Wildman–Crippen MR) is 67.2 cm³/mol. The van der Waals surface area contributed by atoms with Gasteiger partial charge in [0.2, 0.25) is 0 Å². The molecule has 1 rings (SSSR count). The summed E-state index contributed by atoms with van der Waals surface area (Å²) in [6.07, 6.45) is 4.92. The smallest absolute Gasteiger partial charge is 0.334 e. The largest absolute Gasteiger partial charge is 0.496 e. The second-order valence-corrected chi connectivity index (χ2v) is 3.25. The highest BCUT2D eigenvalue weighted by molar-refractivity contribution is 5.83. The predicted octanol–water partition coefficient (Wildman–Crippen LogP) is 2.79. The summed E-state index contributed by atoms with van der Waals surface area (Å²) in [5.74, 6) is 0.0642. The molecule has 3 heteroatoms. The van der Waals surface area contributed by atoms with Crippen LogP contribution in [0.4, 0.5) is 0 Å². The molecule has 0 fully saturated rings. The number of ether oxygens (including phenoxy) is 2. The van der Waals surface area contributed by atoms with Gasteiger partial charge in [-0.3, -0.25) is 0 Å². The summed E-state index contributed by atoms with van der Waals surface area (Å²) in [6, 6.07) is 9.77. The lowest BCUT2D eigenvalue weighted by atomic mass is 10.2. The average molecular weight is 232 g/mol. The monoisotopic (exact) mass is 232 g/mol. The van der Waals surface area contributed by atoms with Crippen LogP contribution in [-0.2, 0) is 14.3 Å². The van der Waals surface area contributed by atoms with E-state index in [1.807, 2.05) is 36.4 Å². The van der Waals surface area contributed by atoms with Gasteiger partial charge in [0.25, 0.3) is 0 Å². The van der Waals surface area contributed by atoms with Crippen molar-refractivity contribution in [3.05, 3.63) is 53.8 Å². The standard InChI is InChI=1S/C14H16O3/c1-3-17-14(15)11-13(16-2)10-9-12-7-5-4-6-8-12/h4-11H,3H2,1-2H3/b10-9+,13-11-. The molecule has 0 unspecified atom stereocenters. The van der Waals surface area contributed by atoms with Gasteiger partial charge in [-0.1, -0.05) is 36.4 Å². The van der Waals surface area contributed by atoms with Crippen LogP contribution < -0.4 is 0 Å². The molecule has 0 spiro atoms. The fourth-order valence-electron chi connectivity index (χ4n) is 1.22. The van der Waals surface area contributed by atoms with Crippen LogP contribution in [0.25, 0.3) is 6.08 Å². The summed E-state index contributed by atoms with van der Waals surface area (Å²) in [5.41, 5.74) is 1.04. The zero-order chi connectivity index (χ0) is 12.5. The normalized spacial score (nSPS) is 11.5. The summed E-state index contributed by atoms with van der Waals surface area (Å²) in [4.78, 5) is 11.2. The molecule has 0 N–H and O–H groups in total. The van der Waals surface area contributed by atoms with Gasteiger partial charge in [0.15, 0.2) is 0 Å². The third-order valence-corrected chi connectivity index (χ3v) is 2.02. The van der Waals surface area contributed by atoms with Crippen LogP contribution in [0, 0.1) is 0 Å². The van der Waals surface area contributed by atoms with Gasteiger partial charge in [0, 0.05) is 0 Å². The van der Waals surface area contributed by atoms with Gasteiger partial charge in [-0.05, 0) is 18.6 Å². The molecule has 90 valence electrons. The van der Waals surface area contributed by atoms with E-state index in [1.54, 1.807) is 13.0 Å². The number of carbonyl (C=O) groups excluding carboxylic acids is 1. The van der Waals surface area contributed by atoms with E-state index in [4.69, 9.17) is 9.47 Å². The van der Waals surface area contributed by atoms with Gasteiger partial charge in [0.05, 0.1) is 19.8 Å². The molecule has 0 aliphatic carbocycles. The number of hydrogen-bond donors (Lipinski definition) is 0. The Balaban J connectivity index is 2.70. The van der Waals surface area contributed by atoms with Crippen molar-refractivity contribution < 1.29 is 14.3 Å². The molecule has 1 aromatic carbocycles. The molecule has 17 heavy (non-hydrogen) atoms.